The highest BCUT2D eigenvalue weighted by molar-refractivity contribution is 9.10. The van der Waals surface area contributed by atoms with Crippen molar-refractivity contribution in [3.63, 3.8) is 0 Å². The second-order valence-corrected chi connectivity index (χ2v) is 5.13. The molecule has 2 N–H and O–H groups in total. The molecule has 2 nitrogen and oxygen atoms in total. The second-order valence-electron chi connectivity index (χ2n) is 4.27. The molecule has 0 spiro atoms. The summed E-state index contributed by atoms with van der Waals surface area (Å²) in [6.45, 7) is 0. The van der Waals surface area contributed by atoms with Crippen LogP contribution >= 0.6 is 15.9 Å². The van der Waals surface area contributed by atoms with E-state index in [1.807, 2.05) is 12.1 Å². The predicted molar refractivity (Wildman–Crippen MR) is 73.7 cm³/mol. The Morgan fingerprint density at radius 3 is 2.44 bits per heavy atom. The number of aromatic nitrogens is 1. The molecule has 1 aromatic carbocycles. The van der Waals surface area contributed by atoms with Crippen molar-refractivity contribution < 1.29 is 4.39 Å². The number of nitrogens with two attached hydrogens (primary N) is 1. The van der Waals surface area contributed by atoms with Crippen LogP contribution in [0.2, 0.25) is 0 Å². The average molecular weight is 309 g/mol. The molecular weight excluding hydrogens is 295 g/mol. The summed E-state index contributed by atoms with van der Waals surface area (Å²) in [6.07, 6.45) is 5.03. The third kappa shape index (κ3) is 3.62. The van der Waals surface area contributed by atoms with Crippen LogP contribution in [0.15, 0.2) is 47.2 Å². The molecule has 0 amide bonds. The summed E-state index contributed by atoms with van der Waals surface area (Å²) in [6, 6.07) is 8.94. The molecule has 2 aromatic rings. The molecule has 4 heteroatoms. The van der Waals surface area contributed by atoms with Crippen LogP contribution in [-0.4, -0.2) is 11.0 Å². The lowest BCUT2D eigenvalue weighted by Gasteiger charge is -2.12. The maximum atomic E-state index is 13.1. The SMILES string of the molecule is NC(Cc1ccncc1)Cc1ccc(F)c(Br)c1. The summed E-state index contributed by atoms with van der Waals surface area (Å²) < 4.78 is 13.6. The zero-order valence-corrected chi connectivity index (χ0v) is 11.4. The van der Waals surface area contributed by atoms with Gasteiger partial charge in [-0.2, -0.15) is 0 Å². The first-order chi connectivity index (χ1) is 8.65. The molecule has 1 unspecified atom stereocenters. The maximum absolute atomic E-state index is 13.1. The number of pyridine rings is 1. The largest absolute Gasteiger partial charge is 0.327 e. The molecule has 0 aliphatic rings. The topological polar surface area (TPSA) is 38.9 Å². The zero-order valence-electron chi connectivity index (χ0n) is 9.81. The van der Waals surface area contributed by atoms with E-state index in [4.69, 9.17) is 5.73 Å². The summed E-state index contributed by atoms with van der Waals surface area (Å²) in [5, 5.41) is 0. The number of rotatable bonds is 4. The van der Waals surface area contributed by atoms with Gasteiger partial charge in [0.1, 0.15) is 5.82 Å². The van der Waals surface area contributed by atoms with Crippen LogP contribution in [0.1, 0.15) is 11.1 Å². The Morgan fingerprint density at radius 1 is 1.11 bits per heavy atom. The van der Waals surface area contributed by atoms with Crippen LogP contribution in [-0.2, 0) is 12.8 Å². The molecule has 0 aliphatic carbocycles. The van der Waals surface area contributed by atoms with Crippen molar-refractivity contribution in [2.45, 2.75) is 18.9 Å². The Balaban J connectivity index is 1.99. The third-order valence-electron chi connectivity index (χ3n) is 2.73. The summed E-state index contributed by atoms with van der Waals surface area (Å²) in [5.74, 6) is -0.249. The molecule has 18 heavy (non-hydrogen) atoms. The van der Waals surface area contributed by atoms with Gasteiger partial charge in [0.25, 0.3) is 0 Å². The summed E-state index contributed by atoms with van der Waals surface area (Å²) in [4.78, 5) is 3.97. The first-order valence-corrected chi connectivity index (χ1v) is 6.53. The van der Waals surface area contributed by atoms with Crippen LogP contribution < -0.4 is 5.73 Å². The van der Waals surface area contributed by atoms with Crippen molar-refractivity contribution in [2.75, 3.05) is 0 Å². The fourth-order valence-electron chi connectivity index (χ4n) is 1.86. The summed E-state index contributed by atoms with van der Waals surface area (Å²) in [5.41, 5.74) is 8.29. The number of halogens is 2. The molecule has 94 valence electrons. The van der Waals surface area contributed by atoms with E-state index in [1.54, 1.807) is 24.5 Å². The van der Waals surface area contributed by atoms with Crippen LogP contribution in [0.4, 0.5) is 4.39 Å². The van der Waals surface area contributed by atoms with E-state index in [2.05, 4.69) is 20.9 Å². The van der Waals surface area contributed by atoms with Crippen LogP contribution in [0.25, 0.3) is 0 Å². The van der Waals surface area contributed by atoms with Crippen molar-refractivity contribution in [1.29, 1.82) is 0 Å². The Bertz CT molecular complexity index is 516. The Morgan fingerprint density at radius 2 is 1.78 bits per heavy atom. The van der Waals surface area contributed by atoms with Gasteiger partial charge in [0, 0.05) is 18.4 Å². The van der Waals surface area contributed by atoms with Crippen molar-refractivity contribution in [2.24, 2.45) is 5.73 Å². The minimum atomic E-state index is -0.249. The molecule has 2 rings (SSSR count). The van der Waals surface area contributed by atoms with E-state index < -0.39 is 0 Å². The number of hydrogen-bond acceptors (Lipinski definition) is 2. The standard InChI is InChI=1S/C14H14BrFN2/c15-13-9-11(1-2-14(13)16)8-12(17)7-10-3-5-18-6-4-10/h1-6,9,12H,7-8,17H2. The summed E-state index contributed by atoms with van der Waals surface area (Å²) in [7, 11) is 0. The lowest BCUT2D eigenvalue weighted by atomic mass is 10.0. The lowest BCUT2D eigenvalue weighted by Crippen LogP contribution is -2.25. The van der Waals surface area contributed by atoms with Crippen LogP contribution in [0, 0.1) is 5.82 Å². The predicted octanol–water partition coefficient (Wildman–Crippen LogP) is 3.10. The van der Waals surface area contributed by atoms with Gasteiger partial charge in [0.15, 0.2) is 0 Å². The van der Waals surface area contributed by atoms with Gasteiger partial charge in [-0.3, -0.25) is 4.98 Å². The van der Waals surface area contributed by atoms with E-state index in [1.165, 1.54) is 11.6 Å². The molecule has 0 saturated carbocycles. The van der Waals surface area contributed by atoms with E-state index in [-0.39, 0.29) is 11.9 Å². The molecule has 0 aliphatic heterocycles. The molecule has 1 aromatic heterocycles. The van der Waals surface area contributed by atoms with Crippen molar-refractivity contribution in [1.82, 2.24) is 4.98 Å². The number of benzene rings is 1. The van der Waals surface area contributed by atoms with Gasteiger partial charge in [-0.15, -0.1) is 0 Å². The van der Waals surface area contributed by atoms with Gasteiger partial charge in [-0.05, 0) is 64.2 Å². The number of nitrogens with zero attached hydrogens (tertiary/aromatic N) is 1. The zero-order chi connectivity index (χ0) is 13.0. The molecule has 0 bridgehead atoms. The normalized spacial score (nSPS) is 12.4. The minimum Gasteiger partial charge on any atom is -0.327 e. The fourth-order valence-corrected chi connectivity index (χ4v) is 2.29. The van der Waals surface area contributed by atoms with Gasteiger partial charge in [0.2, 0.25) is 0 Å². The third-order valence-corrected chi connectivity index (χ3v) is 3.34. The molecule has 1 atom stereocenters. The first-order valence-electron chi connectivity index (χ1n) is 5.73. The maximum Gasteiger partial charge on any atom is 0.137 e. The Kier molecular flexibility index (Phi) is 4.44. The Hall–Kier alpha value is -1.26. The van der Waals surface area contributed by atoms with Gasteiger partial charge in [-0.25, -0.2) is 4.39 Å². The van der Waals surface area contributed by atoms with E-state index in [0.717, 1.165) is 18.4 Å². The van der Waals surface area contributed by atoms with Gasteiger partial charge in [-0.1, -0.05) is 6.07 Å². The second kappa shape index (κ2) is 6.07. The van der Waals surface area contributed by atoms with Crippen LogP contribution in [0.3, 0.4) is 0 Å². The minimum absolute atomic E-state index is 0.0183. The lowest BCUT2D eigenvalue weighted by molar-refractivity contribution is 0.617. The highest BCUT2D eigenvalue weighted by atomic mass is 79.9. The Labute approximate surface area is 114 Å². The highest BCUT2D eigenvalue weighted by Crippen LogP contribution is 2.18. The molecule has 0 radical (unpaired) electrons. The van der Waals surface area contributed by atoms with Crippen LogP contribution in [0.5, 0.6) is 0 Å². The fraction of sp³-hybridized carbons (Fsp3) is 0.214. The molecule has 1 heterocycles. The highest BCUT2D eigenvalue weighted by Gasteiger charge is 2.07. The van der Waals surface area contributed by atoms with E-state index in [0.29, 0.717) is 4.47 Å². The number of hydrogen-bond donors (Lipinski definition) is 1. The smallest absolute Gasteiger partial charge is 0.137 e. The summed E-state index contributed by atoms with van der Waals surface area (Å²) >= 11 is 3.18. The average Bonchev–Trinajstić information content (AvgIpc) is 2.35. The van der Waals surface area contributed by atoms with E-state index >= 15 is 0 Å². The molecular formula is C14H14BrFN2. The molecule has 0 fully saturated rings. The molecule has 0 saturated heterocycles. The van der Waals surface area contributed by atoms with Gasteiger partial charge < -0.3 is 5.73 Å². The quantitative estimate of drug-likeness (QED) is 0.942. The first kappa shape index (κ1) is 13.2. The van der Waals surface area contributed by atoms with Crippen molar-refractivity contribution >= 4 is 15.9 Å². The van der Waals surface area contributed by atoms with Gasteiger partial charge >= 0.3 is 0 Å². The monoisotopic (exact) mass is 308 g/mol. The van der Waals surface area contributed by atoms with Crippen molar-refractivity contribution in [3.05, 3.63) is 64.1 Å². The van der Waals surface area contributed by atoms with Crippen molar-refractivity contribution in [3.8, 4) is 0 Å². The van der Waals surface area contributed by atoms with Gasteiger partial charge in [0.05, 0.1) is 4.47 Å². The van der Waals surface area contributed by atoms with E-state index in [9.17, 15) is 4.39 Å².